The Morgan fingerprint density at radius 3 is 2.10 bits per heavy atom. The fourth-order valence-corrected chi connectivity index (χ4v) is 10.4. The summed E-state index contributed by atoms with van der Waals surface area (Å²) < 4.78 is 53.7. The van der Waals surface area contributed by atoms with Crippen LogP contribution >= 0.6 is 0 Å². The summed E-state index contributed by atoms with van der Waals surface area (Å²) in [6.45, 7) is 13.3. The quantitative estimate of drug-likeness (QED) is 0.0628. The third-order valence-corrected chi connectivity index (χ3v) is 14.4. The van der Waals surface area contributed by atoms with Gasteiger partial charge in [0, 0.05) is 47.1 Å². The first-order valence-corrected chi connectivity index (χ1v) is 26.1. The van der Waals surface area contributed by atoms with Crippen LogP contribution < -0.4 is 40.2 Å². The zero-order valence-electron chi connectivity index (χ0n) is 41.9. The number of nitrogens with zero attached hydrogens (tertiary/aromatic N) is 5. The number of nitrogens with one attached hydrogen (secondary N) is 4. The third kappa shape index (κ3) is 14.0. The van der Waals surface area contributed by atoms with Crippen molar-refractivity contribution in [3.05, 3.63) is 114 Å². The summed E-state index contributed by atoms with van der Waals surface area (Å²) in [5, 5.41) is 13.0. The number of carbonyl (C=O) groups excluding carboxylic acids is 1. The normalized spacial score (nSPS) is 14.7. The Balaban J connectivity index is 0.000000193. The van der Waals surface area contributed by atoms with Crippen LogP contribution in [-0.2, 0) is 14.6 Å². The Labute approximate surface area is 422 Å². The second kappa shape index (κ2) is 23.4. The number of likely N-dealkylation sites (tertiary alicyclic amines) is 1. The maximum Gasteiger partial charge on any atom is 0.341 e. The van der Waals surface area contributed by atoms with Crippen molar-refractivity contribution in [1.82, 2.24) is 24.8 Å². The summed E-state index contributed by atoms with van der Waals surface area (Å²) in [7, 11) is -2.05. The molecule has 0 spiro atoms. The lowest BCUT2D eigenvalue weighted by atomic mass is 9.98. The number of anilines is 8. The van der Waals surface area contributed by atoms with Gasteiger partial charge in [0.1, 0.15) is 35.3 Å². The lowest BCUT2D eigenvalue weighted by Crippen LogP contribution is -2.25. The lowest BCUT2D eigenvalue weighted by molar-refractivity contribution is 0.0595. The number of fused-ring (bicyclic) bond motifs is 1. The number of carbonyl (C=O) groups is 1. The molecule has 0 atom stereocenters. The van der Waals surface area contributed by atoms with Gasteiger partial charge in [-0.25, -0.2) is 23.2 Å². The van der Waals surface area contributed by atoms with Crippen molar-refractivity contribution in [1.29, 1.82) is 0 Å². The van der Waals surface area contributed by atoms with Gasteiger partial charge in [-0.2, -0.15) is 9.97 Å². The van der Waals surface area contributed by atoms with Crippen molar-refractivity contribution in [2.75, 3.05) is 67.2 Å². The van der Waals surface area contributed by atoms with E-state index in [9.17, 15) is 13.2 Å². The molecule has 1 saturated carbocycles. The number of hydrogen-bond acceptors (Lipinski definition) is 17. The van der Waals surface area contributed by atoms with Crippen LogP contribution in [0.3, 0.4) is 0 Å². The molecular weight excluding hydrogens is 935 g/mol. The van der Waals surface area contributed by atoms with Crippen LogP contribution in [0, 0.1) is 19.3 Å². The van der Waals surface area contributed by atoms with Crippen LogP contribution in [0.1, 0.15) is 87.2 Å². The van der Waals surface area contributed by atoms with Crippen LogP contribution in [0.5, 0.6) is 23.0 Å². The summed E-state index contributed by atoms with van der Waals surface area (Å²) >= 11 is 0. The van der Waals surface area contributed by atoms with E-state index >= 15 is 0 Å². The van der Waals surface area contributed by atoms with Gasteiger partial charge >= 0.3 is 5.97 Å². The fraction of sp³-hybridized carbons (Fsp3) is 0.389. The molecule has 0 bridgehead atoms. The number of hydrogen-bond donors (Lipinski definition) is 4. The smallest absolute Gasteiger partial charge is 0.341 e. The Morgan fingerprint density at radius 1 is 0.750 bits per heavy atom. The maximum atomic E-state index is 12.8. The summed E-state index contributed by atoms with van der Waals surface area (Å²) in [5.41, 5.74) is 4.61. The van der Waals surface area contributed by atoms with E-state index in [4.69, 9.17) is 23.7 Å². The Hall–Kier alpha value is -7.18. The summed E-state index contributed by atoms with van der Waals surface area (Å²) in [5.74, 6) is 4.33. The molecule has 1 aliphatic carbocycles. The van der Waals surface area contributed by atoms with Crippen LogP contribution in [-0.4, -0.2) is 91.2 Å². The molecule has 4 aromatic carbocycles. The highest BCUT2D eigenvalue weighted by atomic mass is 32.2. The van der Waals surface area contributed by atoms with Gasteiger partial charge in [-0.15, -0.1) is 0 Å². The number of ether oxygens (including phenoxy) is 5. The van der Waals surface area contributed by atoms with Crippen molar-refractivity contribution in [2.45, 2.75) is 90.6 Å². The highest BCUT2D eigenvalue weighted by molar-refractivity contribution is 7.91. The fourth-order valence-electron chi connectivity index (χ4n) is 8.52. The van der Waals surface area contributed by atoms with Gasteiger partial charge in [-0.05, 0) is 144 Å². The number of sulfone groups is 1. The molecule has 380 valence electrons. The molecule has 1 saturated heterocycles. The average Bonchev–Trinajstić information content (AvgIpc) is 4.08. The molecule has 2 aromatic heterocycles. The molecule has 2 fully saturated rings. The standard InChI is InChI=1S/C28H36N4O3S.C26H29N5O5/c1-20-18-29-27(31-21-13-15-24(16-14-21)35-23-10-6-5-7-11-23)32-26(20)30-22-9-8-12-25(17-22)36(33,34)19-28(2,3)4;1-17-15-27-26(30-24(17)29-20-6-5-7-22-23(20)36-16-35-22)28-18-8-9-21(19(14-18)25(32)33-2)34-13-12-31-10-3-4-11-31/h8-9,12-18,23H,5-7,10-11,19H2,1-4H3,(H2,29,30,31,32);5-9,14-15H,3-4,10-13,16H2,1-2H3,(H2,27,28,29,30). The Morgan fingerprint density at radius 2 is 1.40 bits per heavy atom. The van der Waals surface area contributed by atoms with Crippen LogP contribution in [0.15, 0.2) is 102 Å². The van der Waals surface area contributed by atoms with E-state index in [1.165, 1.54) is 39.2 Å². The predicted octanol–water partition coefficient (Wildman–Crippen LogP) is 11.1. The van der Waals surface area contributed by atoms with Gasteiger partial charge in [0.2, 0.25) is 18.7 Å². The van der Waals surface area contributed by atoms with Crippen LogP contribution in [0.25, 0.3) is 0 Å². The second-order valence-electron chi connectivity index (χ2n) is 19.3. The number of benzene rings is 4. The highest BCUT2D eigenvalue weighted by Gasteiger charge is 2.25. The van der Waals surface area contributed by atoms with Crippen molar-refractivity contribution in [3.63, 3.8) is 0 Å². The minimum atomic E-state index is -3.40. The van der Waals surface area contributed by atoms with E-state index in [0.717, 1.165) is 60.7 Å². The van der Waals surface area contributed by atoms with Crippen LogP contribution in [0.2, 0.25) is 0 Å². The summed E-state index contributed by atoms with van der Waals surface area (Å²) in [6.07, 6.45) is 12.2. The molecule has 9 rings (SSSR count). The average molecular weight is 1000 g/mol. The van der Waals surface area contributed by atoms with Gasteiger partial charge in [0.15, 0.2) is 21.3 Å². The van der Waals surface area contributed by atoms with Gasteiger partial charge in [-0.1, -0.05) is 39.3 Å². The number of aryl methyl sites for hydroxylation is 2. The lowest BCUT2D eigenvalue weighted by Gasteiger charge is -2.23. The highest BCUT2D eigenvalue weighted by Crippen LogP contribution is 2.40. The molecule has 0 unspecified atom stereocenters. The van der Waals surface area contributed by atoms with E-state index in [2.05, 4.69) is 46.1 Å². The monoisotopic (exact) mass is 999 g/mol. The topological polar surface area (TPSA) is 200 Å². The largest absolute Gasteiger partial charge is 0.491 e. The van der Waals surface area contributed by atoms with Gasteiger partial charge < -0.3 is 45.0 Å². The molecule has 17 nitrogen and oxygen atoms in total. The molecule has 0 radical (unpaired) electrons. The Kier molecular flexibility index (Phi) is 16.6. The molecule has 18 heteroatoms. The van der Waals surface area contributed by atoms with E-state index in [1.54, 1.807) is 42.7 Å². The zero-order chi connectivity index (χ0) is 50.7. The van der Waals surface area contributed by atoms with Crippen molar-refractivity contribution < 1.29 is 36.9 Å². The minimum Gasteiger partial charge on any atom is -0.491 e. The summed E-state index contributed by atoms with van der Waals surface area (Å²) in [4.78, 5) is 33.1. The van der Waals surface area contributed by atoms with Gasteiger partial charge in [-0.3, -0.25) is 4.90 Å². The van der Waals surface area contributed by atoms with Crippen molar-refractivity contribution >= 4 is 62.1 Å². The van der Waals surface area contributed by atoms with Gasteiger partial charge in [0.25, 0.3) is 0 Å². The number of para-hydroxylation sites is 1. The van der Waals surface area contributed by atoms with Crippen LogP contribution in [0.4, 0.5) is 46.3 Å². The number of rotatable bonds is 17. The molecule has 4 N–H and O–H groups in total. The maximum absolute atomic E-state index is 12.8. The molecular formula is C54H65N9O8S. The number of esters is 1. The van der Waals surface area contributed by atoms with E-state index in [0.29, 0.717) is 75.3 Å². The second-order valence-corrected chi connectivity index (χ2v) is 21.3. The first kappa shape index (κ1) is 51.2. The first-order valence-electron chi connectivity index (χ1n) is 24.5. The molecule has 72 heavy (non-hydrogen) atoms. The molecule has 0 amide bonds. The molecule has 2 aliphatic heterocycles. The molecule has 6 aromatic rings. The van der Waals surface area contributed by atoms with Gasteiger partial charge in [0.05, 0.1) is 29.5 Å². The zero-order valence-corrected chi connectivity index (χ0v) is 42.7. The SMILES string of the molecule is COC(=O)c1cc(Nc2ncc(C)c(Nc3cccc4c3OCO4)n2)ccc1OCCN1CCCC1.Cc1cnc(Nc2ccc(OC3CCCCC3)cc2)nc1Nc1cccc(S(=O)(=O)CC(C)(C)C)c1. The minimum absolute atomic E-state index is 0.0779. The van der Waals surface area contributed by atoms with Crippen molar-refractivity contribution in [3.8, 4) is 23.0 Å². The van der Waals surface area contributed by atoms with E-state index in [1.807, 2.05) is 89.2 Å². The van der Waals surface area contributed by atoms with E-state index in [-0.39, 0.29) is 18.0 Å². The van der Waals surface area contributed by atoms with E-state index < -0.39 is 15.8 Å². The molecule has 3 aliphatic rings. The molecule has 4 heterocycles. The predicted molar refractivity (Wildman–Crippen MR) is 280 cm³/mol. The number of aromatic nitrogens is 4. The third-order valence-electron chi connectivity index (χ3n) is 12.1. The summed E-state index contributed by atoms with van der Waals surface area (Å²) in [6, 6.07) is 25.6. The van der Waals surface area contributed by atoms with Crippen molar-refractivity contribution in [2.24, 2.45) is 5.41 Å². The first-order chi connectivity index (χ1) is 34.7. The number of methoxy groups -OCH3 is 1. The Bertz CT molecular complexity index is 2920.